The number of rotatable bonds is 1. The Labute approximate surface area is 100 Å². The summed E-state index contributed by atoms with van der Waals surface area (Å²) in [5.74, 6) is 0. The topological polar surface area (TPSA) is 26.0 Å². The molecule has 0 saturated carbocycles. The molecule has 1 nitrogen and oxygen atoms in total. The summed E-state index contributed by atoms with van der Waals surface area (Å²) in [6.45, 7) is 13.3. The lowest BCUT2D eigenvalue weighted by Gasteiger charge is -2.51. The van der Waals surface area contributed by atoms with Crippen LogP contribution in [0.25, 0.3) is 0 Å². The first kappa shape index (κ1) is 13.2. The summed E-state index contributed by atoms with van der Waals surface area (Å²) in [5, 5.41) is 0. The highest BCUT2D eigenvalue weighted by molar-refractivity contribution is 5.29. The number of benzene rings is 1. The van der Waals surface area contributed by atoms with Gasteiger partial charge in [-0.2, -0.15) is 0 Å². The van der Waals surface area contributed by atoms with Gasteiger partial charge in [0.2, 0.25) is 0 Å². The minimum absolute atomic E-state index is 0.0204. The Kier molecular flexibility index (Phi) is 3.22. The van der Waals surface area contributed by atoms with E-state index >= 15 is 0 Å². The van der Waals surface area contributed by atoms with Gasteiger partial charge < -0.3 is 5.73 Å². The SMILES string of the molecule is CC(C)(C)C(N)(c1ccccc1)C(C)(C)C. The van der Waals surface area contributed by atoms with E-state index in [1.165, 1.54) is 5.56 Å². The molecule has 0 fully saturated rings. The van der Waals surface area contributed by atoms with Crippen LogP contribution < -0.4 is 5.73 Å². The molecule has 0 amide bonds. The van der Waals surface area contributed by atoms with Crippen LogP contribution in [0.5, 0.6) is 0 Å². The fourth-order valence-corrected chi connectivity index (χ4v) is 2.69. The van der Waals surface area contributed by atoms with Gasteiger partial charge in [-0.05, 0) is 16.4 Å². The van der Waals surface area contributed by atoms with Crippen LogP contribution in [-0.2, 0) is 5.54 Å². The summed E-state index contributed by atoms with van der Waals surface area (Å²) < 4.78 is 0. The largest absolute Gasteiger partial charge is 0.321 e. The molecule has 1 heteroatoms. The Morgan fingerprint density at radius 2 is 1.12 bits per heavy atom. The van der Waals surface area contributed by atoms with Gasteiger partial charge in [0.15, 0.2) is 0 Å². The zero-order valence-corrected chi connectivity index (χ0v) is 11.5. The van der Waals surface area contributed by atoms with Crippen LogP contribution in [0.3, 0.4) is 0 Å². The predicted octanol–water partition coefficient (Wildman–Crippen LogP) is 3.93. The van der Waals surface area contributed by atoms with Crippen LogP contribution in [0.4, 0.5) is 0 Å². The van der Waals surface area contributed by atoms with Crippen molar-refractivity contribution in [1.82, 2.24) is 0 Å². The molecule has 0 saturated heterocycles. The summed E-state index contributed by atoms with van der Waals surface area (Å²) in [6.07, 6.45) is 0. The molecule has 0 aromatic heterocycles. The first-order valence-corrected chi connectivity index (χ1v) is 5.95. The quantitative estimate of drug-likeness (QED) is 0.761. The van der Waals surface area contributed by atoms with E-state index in [4.69, 9.17) is 5.73 Å². The van der Waals surface area contributed by atoms with Gasteiger partial charge in [0.1, 0.15) is 0 Å². The van der Waals surface area contributed by atoms with E-state index in [1.807, 2.05) is 6.07 Å². The summed E-state index contributed by atoms with van der Waals surface area (Å²) >= 11 is 0. The number of nitrogens with two attached hydrogens (primary N) is 1. The minimum atomic E-state index is -0.332. The number of hydrogen-bond donors (Lipinski definition) is 1. The lowest BCUT2D eigenvalue weighted by Crippen LogP contribution is -2.57. The molecule has 0 atom stereocenters. The van der Waals surface area contributed by atoms with Crippen molar-refractivity contribution in [2.75, 3.05) is 0 Å². The minimum Gasteiger partial charge on any atom is -0.321 e. The Balaban J connectivity index is 3.39. The molecule has 1 aromatic rings. The second-order valence-corrected chi connectivity index (χ2v) is 6.67. The summed E-state index contributed by atoms with van der Waals surface area (Å²) in [6, 6.07) is 10.4. The average molecular weight is 219 g/mol. The summed E-state index contributed by atoms with van der Waals surface area (Å²) in [5.41, 5.74) is 7.70. The highest BCUT2D eigenvalue weighted by Gasteiger charge is 2.48. The molecule has 0 spiro atoms. The lowest BCUT2D eigenvalue weighted by atomic mass is 9.57. The highest BCUT2D eigenvalue weighted by atomic mass is 14.8. The van der Waals surface area contributed by atoms with E-state index in [1.54, 1.807) is 0 Å². The Morgan fingerprint density at radius 1 is 0.750 bits per heavy atom. The van der Waals surface area contributed by atoms with Gasteiger partial charge in [-0.25, -0.2) is 0 Å². The molecule has 2 N–H and O–H groups in total. The van der Waals surface area contributed by atoms with Crippen molar-refractivity contribution in [3.05, 3.63) is 35.9 Å². The molecule has 0 bridgehead atoms. The standard InChI is InChI=1S/C15H25N/c1-13(2,3)15(16,14(4,5)6)12-10-8-7-9-11-12/h7-11H,16H2,1-6H3. The van der Waals surface area contributed by atoms with Crippen LogP contribution in [0, 0.1) is 10.8 Å². The van der Waals surface area contributed by atoms with Crippen molar-refractivity contribution in [3.63, 3.8) is 0 Å². The molecule has 90 valence electrons. The van der Waals surface area contributed by atoms with E-state index in [2.05, 4.69) is 65.8 Å². The van der Waals surface area contributed by atoms with Gasteiger partial charge in [-0.1, -0.05) is 71.9 Å². The van der Waals surface area contributed by atoms with Crippen molar-refractivity contribution in [1.29, 1.82) is 0 Å². The molecule has 16 heavy (non-hydrogen) atoms. The predicted molar refractivity (Wildman–Crippen MR) is 71.2 cm³/mol. The Morgan fingerprint density at radius 3 is 1.44 bits per heavy atom. The average Bonchev–Trinajstić information content (AvgIpc) is 2.14. The second kappa shape index (κ2) is 3.89. The van der Waals surface area contributed by atoms with E-state index in [0.29, 0.717) is 0 Å². The van der Waals surface area contributed by atoms with Crippen molar-refractivity contribution >= 4 is 0 Å². The van der Waals surface area contributed by atoms with Crippen LogP contribution in [0.1, 0.15) is 47.1 Å². The first-order chi connectivity index (χ1) is 7.11. The van der Waals surface area contributed by atoms with E-state index < -0.39 is 0 Å². The van der Waals surface area contributed by atoms with E-state index in [9.17, 15) is 0 Å². The van der Waals surface area contributed by atoms with Crippen molar-refractivity contribution < 1.29 is 0 Å². The highest BCUT2D eigenvalue weighted by Crippen LogP contribution is 2.48. The lowest BCUT2D eigenvalue weighted by molar-refractivity contribution is 0.0570. The van der Waals surface area contributed by atoms with E-state index in [-0.39, 0.29) is 16.4 Å². The molecule has 0 aliphatic rings. The van der Waals surface area contributed by atoms with E-state index in [0.717, 1.165) is 0 Å². The molecular weight excluding hydrogens is 194 g/mol. The van der Waals surface area contributed by atoms with Crippen LogP contribution in [0.2, 0.25) is 0 Å². The molecule has 1 rings (SSSR count). The smallest absolute Gasteiger partial charge is 0.0507 e. The van der Waals surface area contributed by atoms with Crippen molar-refractivity contribution in [2.24, 2.45) is 16.6 Å². The van der Waals surface area contributed by atoms with Gasteiger partial charge in [0.25, 0.3) is 0 Å². The van der Waals surface area contributed by atoms with Crippen LogP contribution >= 0.6 is 0 Å². The third kappa shape index (κ3) is 2.01. The Bertz CT molecular complexity index is 324. The summed E-state index contributed by atoms with van der Waals surface area (Å²) in [4.78, 5) is 0. The number of hydrogen-bond acceptors (Lipinski definition) is 1. The van der Waals surface area contributed by atoms with Gasteiger partial charge in [-0.3, -0.25) is 0 Å². The van der Waals surface area contributed by atoms with Gasteiger partial charge in [0, 0.05) is 0 Å². The van der Waals surface area contributed by atoms with Gasteiger partial charge in [0.05, 0.1) is 5.54 Å². The first-order valence-electron chi connectivity index (χ1n) is 5.95. The zero-order chi connectivity index (χ0) is 12.6. The molecular formula is C15H25N. The molecule has 0 aliphatic heterocycles. The molecule has 0 unspecified atom stereocenters. The maximum atomic E-state index is 6.77. The van der Waals surface area contributed by atoms with Gasteiger partial charge in [-0.15, -0.1) is 0 Å². The molecule has 1 aromatic carbocycles. The van der Waals surface area contributed by atoms with Crippen molar-refractivity contribution in [3.8, 4) is 0 Å². The maximum absolute atomic E-state index is 6.77. The molecule has 0 aliphatic carbocycles. The maximum Gasteiger partial charge on any atom is 0.0507 e. The van der Waals surface area contributed by atoms with Crippen LogP contribution in [0.15, 0.2) is 30.3 Å². The normalized spacial score (nSPS) is 13.9. The second-order valence-electron chi connectivity index (χ2n) is 6.67. The monoisotopic (exact) mass is 219 g/mol. The molecule has 0 heterocycles. The third-order valence-corrected chi connectivity index (χ3v) is 3.60. The third-order valence-electron chi connectivity index (χ3n) is 3.60. The fraction of sp³-hybridized carbons (Fsp3) is 0.600. The fourth-order valence-electron chi connectivity index (χ4n) is 2.69. The van der Waals surface area contributed by atoms with Crippen LogP contribution in [-0.4, -0.2) is 0 Å². The Hall–Kier alpha value is -0.820. The van der Waals surface area contributed by atoms with Crippen molar-refractivity contribution in [2.45, 2.75) is 47.1 Å². The van der Waals surface area contributed by atoms with Gasteiger partial charge >= 0.3 is 0 Å². The molecule has 0 radical (unpaired) electrons. The summed E-state index contributed by atoms with van der Waals surface area (Å²) in [7, 11) is 0. The zero-order valence-electron chi connectivity index (χ0n) is 11.5.